The summed E-state index contributed by atoms with van der Waals surface area (Å²) in [5.74, 6) is -4.69. The predicted molar refractivity (Wildman–Crippen MR) is 174 cm³/mol. The van der Waals surface area contributed by atoms with Gasteiger partial charge in [-0.15, -0.1) is 0 Å². The van der Waals surface area contributed by atoms with E-state index in [1.54, 1.807) is 54.6 Å². The van der Waals surface area contributed by atoms with Gasteiger partial charge in [0.15, 0.2) is 17.4 Å². The van der Waals surface area contributed by atoms with Crippen LogP contribution in [0.5, 0.6) is 11.5 Å². The summed E-state index contributed by atoms with van der Waals surface area (Å²) < 4.78 is 64.6. The fourth-order valence-electron chi connectivity index (χ4n) is 4.31. The molecule has 4 aromatic carbocycles. The molecule has 0 fully saturated rings. The highest BCUT2D eigenvalue weighted by Gasteiger charge is 2.38. The van der Waals surface area contributed by atoms with Gasteiger partial charge < -0.3 is 31.1 Å². The summed E-state index contributed by atoms with van der Waals surface area (Å²) in [5, 5.41) is 12.5. The van der Waals surface area contributed by atoms with Gasteiger partial charge in [0.05, 0.1) is 12.2 Å². The van der Waals surface area contributed by atoms with Crippen LogP contribution < -0.4 is 26.0 Å². The Morgan fingerprint density at radius 2 is 1.48 bits per heavy atom. The number of para-hydroxylation sites is 2. The second kappa shape index (κ2) is 18.1. The molecule has 0 aliphatic heterocycles. The average Bonchev–Trinajstić information content (AvgIpc) is 3.07. The van der Waals surface area contributed by atoms with Gasteiger partial charge in [0.25, 0.3) is 0 Å². The molecular weight excluding hydrogens is 667 g/mol. The van der Waals surface area contributed by atoms with Gasteiger partial charge in [-0.1, -0.05) is 42.5 Å². The Hall–Kier alpha value is -5.83. The van der Waals surface area contributed by atoms with E-state index in [9.17, 15) is 36.3 Å². The number of hydrogen-bond acceptors (Lipinski definition) is 6. The number of benzene rings is 4. The van der Waals surface area contributed by atoms with Gasteiger partial charge in [0.1, 0.15) is 5.75 Å². The number of ether oxygens (including phenoxy) is 1. The number of aliphatic carboxylic acids is 1. The lowest BCUT2D eigenvalue weighted by Crippen LogP contribution is -2.32. The molecule has 0 heterocycles. The quantitative estimate of drug-likeness (QED) is 0.124. The van der Waals surface area contributed by atoms with Crippen molar-refractivity contribution in [2.75, 3.05) is 10.2 Å². The number of nitrogens with zero attached hydrogens (tertiary/aromatic N) is 1. The topological polar surface area (TPSA) is 151 Å². The number of carboxylic acid groups (broad SMARTS) is 1. The minimum atomic E-state index is -5.08. The highest BCUT2D eigenvalue weighted by atomic mass is 19.4. The zero-order valence-electron chi connectivity index (χ0n) is 26.6. The van der Waals surface area contributed by atoms with Crippen LogP contribution in [0.2, 0.25) is 0 Å². The molecule has 50 heavy (non-hydrogen) atoms. The highest BCUT2D eigenvalue weighted by Crippen LogP contribution is 2.34. The van der Waals surface area contributed by atoms with Crippen LogP contribution in [0.15, 0.2) is 91.0 Å². The second-order valence-electron chi connectivity index (χ2n) is 10.6. The lowest BCUT2D eigenvalue weighted by atomic mass is 10.1. The maximum absolute atomic E-state index is 13.7. The largest absolute Gasteiger partial charge is 0.490 e. The lowest BCUT2D eigenvalue weighted by molar-refractivity contribution is -0.192. The van der Waals surface area contributed by atoms with Crippen molar-refractivity contribution in [3.05, 3.63) is 119 Å². The third-order valence-electron chi connectivity index (χ3n) is 6.72. The zero-order chi connectivity index (χ0) is 36.8. The van der Waals surface area contributed by atoms with Crippen molar-refractivity contribution in [1.82, 2.24) is 5.32 Å². The fourth-order valence-corrected chi connectivity index (χ4v) is 4.31. The first-order valence-electron chi connectivity index (χ1n) is 14.9. The molecule has 264 valence electrons. The lowest BCUT2D eigenvalue weighted by Gasteiger charge is -2.25. The summed E-state index contributed by atoms with van der Waals surface area (Å²) in [5.41, 5.74) is 8.97. The van der Waals surface area contributed by atoms with E-state index in [1.165, 1.54) is 17.9 Å². The van der Waals surface area contributed by atoms with Gasteiger partial charge in [-0.3, -0.25) is 14.4 Å². The number of nitrogens with one attached hydrogen (secondary N) is 2. The van der Waals surface area contributed by atoms with Gasteiger partial charge in [-0.05, 0) is 65.2 Å². The van der Waals surface area contributed by atoms with Crippen LogP contribution >= 0.6 is 0 Å². The molecule has 10 nitrogen and oxygen atoms in total. The molecule has 0 atom stereocenters. The van der Waals surface area contributed by atoms with Crippen LogP contribution in [0.4, 0.5) is 33.3 Å². The maximum Gasteiger partial charge on any atom is 0.490 e. The van der Waals surface area contributed by atoms with Gasteiger partial charge in [0, 0.05) is 38.5 Å². The van der Waals surface area contributed by atoms with E-state index < -0.39 is 29.7 Å². The van der Waals surface area contributed by atoms with E-state index in [-0.39, 0.29) is 37.7 Å². The molecule has 0 spiro atoms. The van der Waals surface area contributed by atoms with Crippen molar-refractivity contribution in [2.45, 2.75) is 45.6 Å². The molecule has 0 aliphatic carbocycles. The molecule has 3 amide bonds. The van der Waals surface area contributed by atoms with Crippen molar-refractivity contribution in [1.29, 1.82) is 0 Å². The van der Waals surface area contributed by atoms with Crippen molar-refractivity contribution in [2.24, 2.45) is 5.73 Å². The molecule has 4 rings (SSSR count). The summed E-state index contributed by atoms with van der Waals surface area (Å²) in [6.45, 7) is 1.92. The Labute approximate surface area is 283 Å². The van der Waals surface area contributed by atoms with Crippen molar-refractivity contribution < 1.29 is 51.0 Å². The van der Waals surface area contributed by atoms with E-state index in [4.69, 9.17) is 20.4 Å². The number of rotatable bonds is 12. The maximum atomic E-state index is 13.7. The minimum Gasteiger partial charge on any atom is -0.475 e. The Bertz CT molecular complexity index is 1800. The summed E-state index contributed by atoms with van der Waals surface area (Å²) >= 11 is 0. The minimum absolute atomic E-state index is 0.00682. The molecular formula is C35H33F5N4O6. The van der Waals surface area contributed by atoms with Crippen LogP contribution in [0.25, 0.3) is 0 Å². The standard InChI is InChI=1S/C33H32F2N4O4.C2HF3O2/c1-22(40)38-26-12-9-23(10-13-26)21-39(30-7-2-3-8-31(30)43-27-6-4-5-24(17-27)19-36)33(42)16-15-32(41)37-20-25-11-14-28(34)29(35)18-25;3-2(4,5)1(6)7/h2-14,17-18H,15-16,19-21,36H2,1H3,(H,37,41)(H,38,40);(H,6,7). The molecule has 4 aromatic rings. The Morgan fingerprint density at radius 3 is 2.10 bits per heavy atom. The van der Waals surface area contributed by atoms with Gasteiger partial charge in [-0.2, -0.15) is 13.2 Å². The van der Waals surface area contributed by atoms with Crippen LogP contribution in [0.1, 0.15) is 36.5 Å². The first kappa shape index (κ1) is 38.6. The Kier molecular flexibility index (Phi) is 14.0. The molecule has 0 aromatic heterocycles. The Morgan fingerprint density at radius 1 is 0.820 bits per heavy atom. The van der Waals surface area contributed by atoms with E-state index in [0.717, 1.165) is 23.3 Å². The number of carbonyl (C=O) groups excluding carboxylic acids is 3. The Balaban J connectivity index is 0.000000872. The van der Waals surface area contributed by atoms with Gasteiger partial charge >= 0.3 is 12.1 Å². The van der Waals surface area contributed by atoms with Crippen molar-refractivity contribution in [3.8, 4) is 11.5 Å². The molecule has 0 unspecified atom stereocenters. The first-order valence-corrected chi connectivity index (χ1v) is 14.9. The SMILES string of the molecule is CC(=O)Nc1ccc(CN(C(=O)CCC(=O)NCc2ccc(F)c(F)c2)c2ccccc2Oc2cccc(CN)c2)cc1.O=C(O)C(F)(F)F. The summed E-state index contributed by atoms with van der Waals surface area (Å²) in [6.07, 6.45) is -5.33. The fraction of sp³-hybridized carbons (Fsp3) is 0.200. The van der Waals surface area contributed by atoms with Crippen LogP contribution in [0, 0.1) is 11.6 Å². The zero-order valence-corrected chi connectivity index (χ0v) is 26.6. The number of carbonyl (C=O) groups is 4. The normalized spacial score (nSPS) is 10.7. The molecule has 15 heteroatoms. The number of hydrogen-bond donors (Lipinski definition) is 4. The molecule has 0 aliphatic rings. The monoisotopic (exact) mass is 700 g/mol. The smallest absolute Gasteiger partial charge is 0.475 e. The van der Waals surface area contributed by atoms with Crippen molar-refractivity contribution in [3.63, 3.8) is 0 Å². The van der Waals surface area contributed by atoms with E-state index >= 15 is 0 Å². The molecule has 0 bridgehead atoms. The predicted octanol–water partition coefficient (Wildman–Crippen LogP) is 6.44. The van der Waals surface area contributed by atoms with E-state index in [0.29, 0.717) is 35.0 Å². The van der Waals surface area contributed by atoms with Crippen LogP contribution in [-0.4, -0.2) is 35.0 Å². The number of carboxylic acids is 1. The number of anilines is 2. The molecule has 0 saturated heterocycles. The second-order valence-corrected chi connectivity index (χ2v) is 10.6. The summed E-state index contributed by atoms with van der Waals surface area (Å²) in [7, 11) is 0. The van der Waals surface area contributed by atoms with E-state index in [2.05, 4.69) is 10.6 Å². The average molecular weight is 701 g/mol. The highest BCUT2D eigenvalue weighted by molar-refractivity contribution is 5.96. The summed E-state index contributed by atoms with van der Waals surface area (Å²) in [4.78, 5) is 48.1. The molecule has 5 N–H and O–H groups in total. The number of alkyl halides is 3. The van der Waals surface area contributed by atoms with E-state index in [1.807, 2.05) is 18.2 Å². The molecule has 0 radical (unpaired) electrons. The van der Waals surface area contributed by atoms with Crippen LogP contribution in [0.3, 0.4) is 0 Å². The first-order chi connectivity index (χ1) is 23.7. The third kappa shape index (κ3) is 12.3. The van der Waals surface area contributed by atoms with Gasteiger partial charge in [0.2, 0.25) is 17.7 Å². The summed E-state index contributed by atoms with van der Waals surface area (Å²) in [6, 6.07) is 24.9. The number of nitrogens with two attached hydrogens (primary N) is 1. The number of halogens is 5. The third-order valence-corrected chi connectivity index (χ3v) is 6.72. The number of amides is 3. The van der Waals surface area contributed by atoms with Gasteiger partial charge in [-0.25, -0.2) is 13.6 Å². The van der Waals surface area contributed by atoms with Crippen LogP contribution in [-0.2, 0) is 38.8 Å². The molecule has 0 saturated carbocycles. The van der Waals surface area contributed by atoms with Crippen molar-refractivity contribution >= 4 is 35.1 Å².